The highest BCUT2D eigenvalue weighted by Gasteiger charge is 2.28. The van der Waals surface area contributed by atoms with Crippen LogP contribution in [0.3, 0.4) is 0 Å². The second-order valence-corrected chi connectivity index (χ2v) is 7.52. The van der Waals surface area contributed by atoms with Gasteiger partial charge in [-0.15, -0.1) is 0 Å². The molecule has 4 rings (SSSR count). The minimum Gasteiger partial charge on any atom is -0.358 e. The van der Waals surface area contributed by atoms with Gasteiger partial charge in [0.15, 0.2) is 0 Å². The molecule has 0 radical (unpaired) electrons. The minimum absolute atomic E-state index is 0.106. The van der Waals surface area contributed by atoms with Crippen LogP contribution < -0.4 is 10.2 Å². The average molecular weight is 375 g/mol. The molecule has 0 spiro atoms. The zero-order chi connectivity index (χ0) is 18.8. The van der Waals surface area contributed by atoms with Gasteiger partial charge in [0.2, 0.25) is 0 Å². The first-order valence-corrected chi connectivity index (χ1v) is 9.60. The van der Waals surface area contributed by atoms with Crippen LogP contribution >= 0.6 is 11.6 Å². The summed E-state index contributed by atoms with van der Waals surface area (Å²) < 4.78 is 0. The molecule has 1 aliphatic heterocycles. The summed E-state index contributed by atoms with van der Waals surface area (Å²) in [6, 6.07) is 25.4. The van der Waals surface area contributed by atoms with E-state index in [0.717, 1.165) is 22.8 Å². The fourth-order valence-electron chi connectivity index (χ4n) is 3.48. The Kier molecular flexibility index (Phi) is 4.91. The maximum absolute atomic E-state index is 6.53. The van der Waals surface area contributed by atoms with Gasteiger partial charge in [-0.2, -0.15) is 0 Å². The molecule has 0 bridgehead atoms. The first-order valence-electron chi connectivity index (χ1n) is 9.22. The maximum Gasteiger partial charge on any atom is 0.0765 e. The molecule has 1 N–H and O–H groups in total. The summed E-state index contributed by atoms with van der Waals surface area (Å²) in [5.41, 5.74) is 7.14. The average Bonchev–Trinajstić information content (AvgIpc) is 3.08. The van der Waals surface area contributed by atoms with Crippen molar-refractivity contribution in [1.82, 2.24) is 0 Å². The first-order chi connectivity index (χ1) is 13.1. The van der Waals surface area contributed by atoms with Crippen LogP contribution in [0, 0.1) is 13.8 Å². The number of halogens is 1. The molecule has 27 heavy (non-hydrogen) atoms. The van der Waals surface area contributed by atoms with Gasteiger partial charge < -0.3 is 10.2 Å². The summed E-state index contributed by atoms with van der Waals surface area (Å²) in [7, 11) is 0. The Morgan fingerprint density at radius 3 is 2.15 bits per heavy atom. The number of rotatable bonds is 4. The quantitative estimate of drug-likeness (QED) is 0.559. The van der Waals surface area contributed by atoms with Crippen molar-refractivity contribution in [1.29, 1.82) is 0 Å². The van der Waals surface area contributed by atoms with E-state index in [1.165, 1.54) is 22.5 Å². The fourth-order valence-corrected chi connectivity index (χ4v) is 3.73. The van der Waals surface area contributed by atoms with Crippen molar-refractivity contribution in [3.8, 4) is 0 Å². The lowest BCUT2D eigenvalue weighted by atomic mass is 10.1. The van der Waals surface area contributed by atoms with E-state index in [1.807, 2.05) is 18.2 Å². The molecule has 3 aromatic carbocycles. The molecule has 0 fully saturated rings. The maximum atomic E-state index is 6.53. The van der Waals surface area contributed by atoms with E-state index in [0.29, 0.717) is 0 Å². The summed E-state index contributed by atoms with van der Waals surface area (Å²) in [5, 5.41) is 4.37. The molecular formula is C24H23ClN2. The number of hydrogen-bond donors (Lipinski definition) is 1. The van der Waals surface area contributed by atoms with Gasteiger partial charge in [0.25, 0.3) is 0 Å². The molecule has 0 unspecified atom stereocenters. The first kappa shape index (κ1) is 17.7. The summed E-state index contributed by atoms with van der Waals surface area (Å²) in [6.07, 6.45) is 2.28. The van der Waals surface area contributed by atoms with Crippen molar-refractivity contribution < 1.29 is 0 Å². The third kappa shape index (κ3) is 3.86. The predicted octanol–water partition coefficient (Wildman–Crippen LogP) is 6.51. The molecule has 3 aromatic rings. The zero-order valence-corrected chi connectivity index (χ0v) is 16.4. The second kappa shape index (κ2) is 7.50. The van der Waals surface area contributed by atoms with Crippen molar-refractivity contribution in [3.63, 3.8) is 0 Å². The topological polar surface area (TPSA) is 15.3 Å². The predicted molar refractivity (Wildman–Crippen MR) is 116 cm³/mol. The van der Waals surface area contributed by atoms with Gasteiger partial charge in [-0.25, -0.2) is 0 Å². The van der Waals surface area contributed by atoms with Crippen LogP contribution in [0.15, 0.2) is 84.6 Å². The van der Waals surface area contributed by atoms with E-state index in [2.05, 4.69) is 84.7 Å². The van der Waals surface area contributed by atoms with Gasteiger partial charge in [0.05, 0.1) is 12.6 Å². The van der Waals surface area contributed by atoms with Gasteiger partial charge in [-0.1, -0.05) is 65.2 Å². The van der Waals surface area contributed by atoms with E-state index in [1.54, 1.807) is 0 Å². The Morgan fingerprint density at radius 1 is 0.852 bits per heavy atom. The lowest BCUT2D eigenvalue weighted by Gasteiger charge is -2.28. The number of benzene rings is 3. The third-order valence-electron chi connectivity index (χ3n) is 4.98. The fraction of sp³-hybridized carbons (Fsp3) is 0.167. The highest BCUT2D eigenvalue weighted by atomic mass is 35.5. The van der Waals surface area contributed by atoms with Crippen molar-refractivity contribution >= 4 is 23.0 Å². The van der Waals surface area contributed by atoms with Crippen LogP contribution in [-0.2, 0) is 0 Å². The Bertz CT molecular complexity index is 958. The van der Waals surface area contributed by atoms with Gasteiger partial charge in [-0.05, 0) is 55.8 Å². The SMILES string of the molecule is Cc1ccc(NC2=C[C@@H](c3ccccc3Cl)N(c3ccc(C)cc3)C2)cc1. The summed E-state index contributed by atoms with van der Waals surface area (Å²) in [6.45, 7) is 5.03. The lowest BCUT2D eigenvalue weighted by Crippen LogP contribution is -2.25. The van der Waals surface area contributed by atoms with E-state index in [9.17, 15) is 0 Å². The summed E-state index contributed by atoms with van der Waals surface area (Å²) >= 11 is 6.53. The third-order valence-corrected chi connectivity index (χ3v) is 5.33. The van der Waals surface area contributed by atoms with Gasteiger partial charge in [-0.3, -0.25) is 0 Å². The highest BCUT2D eigenvalue weighted by molar-refractivity contribution is 6.31. The van der Waals surface area contributed by atoms with E-state index < -0.39 is 0 Å². The van der Waals surface area contributed by atoms with Crippen LogP contribution in [0.5, 0.6) is 0 Å². The Morgan fingerprint density at radius 2 is 1.48 bits per heavy atom. The standard InChI is InChI=1S/C24H23ClN2/c1-17-7-11-19(12-8-17)26-20-15-24(22-5-3-4-6-23(22)25)27(16-20)21-13-9-18(2)10-14-21/h3-15,24,26H,16H2,1-2H3/t24-/m0/s1. The number of nitrogens with zero attached hydrogens (tertiary/aromatic N) is 1. The number of anilines is 2. The summed E-state index contributed by atoms with van der Waals surface area (Å²) in [4.78, 5) is 2.39. The molecule has 0 saturated carbocycles. The van der Waals surface area contributed by atoms with Gasteiger partial charge in [0, 0.05) is 22.1 Å². The largest absolute Gasteiger partial charge is 0.358 e. The van der Waals surface area contributed by atoms with Crippen LogP contribution in [0.2, 0.25) is 5.02 Å². The Labute approximate surface area is 166 Å². The van der Waals surface area contributed by atoms with E-state index in [-0.39, 0.29) is 6.04 Å². The number of aryl methyl sites for hydroxylation is 2. The summed E-state index contributed by atoms with van der Waals surface area (Å²) in [5.74, 6) is 0. The molecule has 3 heteroatoms. The normalized spacial score (nSPS) is 16.3. The highest BCUT2D eigenvalue weighted by Crippen LogP contribution is 2.37. The monoisotopic (exact) mass is 374 g/mol. The lowest BCUT2D eigenvalue weighted by molar-refractivity contribution is 0.810. The van der Waals surface area contributed by atoms with Crippen LogP contribution in [-0.4, -0.2) is 6.54 Å². The van der Waals surface area contributed by atoms with Gasteiger partial charge in [0.1, 0.15) is 0 Å². The Hall–Kier alpha value is -2.71. The van der Waals surface area contributed by atoms with Crippen molar-refractivity contribution in [2.45, 2.75) is 19.9 Å². The molecule has 0 aromatic heterocycles. The molecular weight excluding hydrogens is 352 g/mol. The molecule has 136 valence electrons. The molecule has 1 heterocycles. The van der Waals surface area contributed by atoms with Crippen molar-refractivity contribution in [2.24, 2.45) is 0 Å². The van der Waals surface area contributed by atoms with Gasteiger partial charge >= 0.3 is 0 Å². The number of hydrogen-bond acceptors (Lipinski definition) is 2. The molecule has 0 amide bonds. The molecule has 1 aliphatic rings. The second-order valence-electron chi connectivity index (χ2n) is 7.11. The smallest absolute Gasteiger partial charge is 0.0765 e. The molecule has 0 aliphatic carbocycles. The van der Waals surface area contributed by atoms with Crippen LogP contribution in [0.4, 0.5) is 11.4 Å². The van der Waals surface area contributed by atoms with E-state index >= 15 is 0 Å². The van der Waals surface area contributed by atoms with Crippen molar-refractivity contribution in [2.75, 3.05) is 16.8 Å². The molecule has 1 atom stereocenters. The molecule has 2 nitrogen and oxygen atoms in total. The van der Waals surface area contributed by atoms with Crippen molar-refractivity contribution in [3.05, 3.63) is 106 Å². The zero-order valence-electron chi connectivity index (χ0n) is 15.6. The van der Waals surface area contributed by atoms with Crippen LogP contribution in [0.1, 0.15) is 22.7 Å². The van der Waals surface area contributed by atoms with Crippen LogP contribution in [0.25, 0.3) is 0 Å². The minimum atomic E-state index is 0.106. The molecule has 0 saturated heterocycles. The Balaban J connectivity index is 1.67. The number of nitrogens with one attached hydrogen (secondary N) is 1. The van der Waals surface area contributed by atoms with E-state index in [4.69, 9.17) is 11.6 Å².